The van der Waals surface area contributed by atoms with E-state index in [-0.39, 0.29) is 23.5 Å². The van der Waals surface area contributed by atoms with Gasteiger partial charge in [-0.3, -0.25) is 0 Å². The fraction of sp³-hybridized carbons (Fsp3) is 0.867. The topological polar surface area (TPSA) is 40.5 Å². The summed E-state index contributed by atoms with van der Waals surface area (Å²) in [5.41, 5.74) is 0.996. The third kappa shape index (κ3) is 1.96. The highest BCUT2D eigenvalue weighted by atomic mass is 16.3. The van der Waals surface area contributed by atoms with Gasteiger partial charge in [-0.15, -0.1) is 0 Å². The summed E-state index contributed by atoms with van der Waals surface area (Å²) in [6.07, 6.45) is 3.11. The first-order chi connectivity index (χ1) is 7.88. The van der Waals surface area contributed by atoms with Crippen molar-refractivity contribution in [1.29, 1.82) is 0 Å². The predicted molar refractivity (Wildman–Crippen MR) is 69.5 cm³/mol. The van der Waals surface area contributed by atoms with Crippen LogP contribution in [0.25, 0.3) is 0 Å². The van der Waals surface area contributed by atoms with Crippen molar-refractivity contribution < 1.29 is 10.2 Å². The monoisotopic (exact) mass is 238 g/mol. The zero-order valence-electron chi connectivity index (χ0n) is 11.3. The Kier molecular flexibility index (Phi) is 3.39. The summed E-state index contributed by atoms with van der Waals surface area (Å²) in [5.74, 6) is 0.948. The van der Waals surface area contributed by atoms with Crippen molar-refractivity contribution in [3.63, 3.8) is 0 Å². The first-order valence-electron chi connectivity index (χ1n) is 6.91. The van der Waals surface area contributed by atoms with Crippen molar-refractivity contribution >= 4 is 0 Å². The molecule has 17 heavy (non-hydrogen) atoms. The summed E-state index contributed by atoms with van der Waals surface area (Å²) in [6.45, 7) is 10.6. The third-order valence-corrected chi connectivity index (χ3v) is 5.30. The van der Waals surface area contributed by atoms with Crippen LogP contribution in [-0.2, 0) is 0 Å². The number of aliphatic hydroxyl groups excluding tert-OH is 2. The van der Waals surface area contributed by atoms with Gasteiger partial charge < -0.3 is 10.2 Å². The molecule has 2 heteroatoms. The molecule has 0 heterocycles. The Morgan fingerprint density at radius 3 is 2.53 bits per heavy atom. The van der Waals surface area contributed by atoms with Gasteiger partial charge in [0.05, 0.1) is 12.2 Å². The molecular weight excluding hydrogens is 212 g/mol. The summed E-state index contributed by atoms with van der Waals surface area (Å²) in [7, 11) is 0. The first kappa shape index (κ1) is 13.1. The largest absolute Gasteiger partial charge is 0.393 e. The van der Waals surface area contributed by atoms with Gasteiger partial charge in [0.1, 0.15) is 0 Å². The molecule has 0 aromatic rings. The Labute approximate surface area is 105 Å². The number of rotatable bonds is 1. The van der Waals surface area contributed by atoms with Gasteiger partial charge in [0.2, 0.25) is 0 Å². The van der Waals surface area contributed by atoms with Gasteiger partial charge in [0.15, 0.2) is 0 Å². The van der Waals surface area contributed by atoms with Gasteiger partial charge in [-0.05, 0) is 37.5 Å². The lowest BCUT2D eigenvalue weighted by Gasteiger charge is -2.54. The van der Waals surface area contributed by atoms with Gasteiger partial charge in [-0.25, -0.2) is 0 Å². The molecule has 2 aliphatic rings. The molecule has 0 aromatic carbocycles. The Hall–Kier alpha value is -0.340. The van der Waals surface area contributed by atoms with Gasteiger partial charge in [0, 0.05) is 11.3 Å². The van der Waals surface area contributed by atoms with E-state index in [1.807, 2.05) is 0 Å². The number of hydrogen-bond acceptors (Lipinski definition) is 2. The molecule has 98 valence electrons. The van der Waals surface area contributed by atoms with Crippen molar-refractivity contribution in [2.75, 3.05) is 0 Å². The molecule has 0 radical (unpaired) electrons. The highest BCUT2D eigenvalue weighted by Gasteiger charge is 2.52. The maximum atomic E-state index is 10.6. The molecule has 0 saturated heterocycles. The molecule has 2 saturated carbocycles. The van der Waals surface area contributed by atoms with Crippen LogP contribution >= 0.6 is 0 Å². The lowest BCUT2D eigenvalue weighted by molar-refractivity contribution is -0.120. The van der Waals surface area contributed by atoms with Crippen LogP contribution in [0.5, 0.6) is 0 Å². The average Bonchev–Trinajstić information content (AvgIpc) is 2.23. The normalized spacial score (nSPS) is 47.1. The zero-order valence-corrected chi connectivity index (χ0v) is 11.3. The minimum absolute atomic E-state index is 0.0902. The highest BCUT2D eigenvalue weighted by molar-refractivity contribution is 5.17. The number of aliphatic hydroxyl groups is 2. The quantitative estimate of drug-likeness (QED) is 0.690. The molecule has 2 nitrogen and oxygen atoms in total. The standard InChI is InChI=1S/C15H26O2/c1-9(2)11-7-8-15(4)12(16)6-5-10(3)13(15)14(11)17/h9,11-14,16-17H,3,5-8H2,1-2,4H3/t11-,12-,13+,14-,15-/m1/s1. The Morgan fingerprint density at radius 1 is 1.29 bits per heavy atom. The van der Waals surface area contributed by atoms with E-state index in [2.05, 4.69) is 27.4 Å². The van der Waals surface area contributed by atoms with Crippen molar-refractivity contribution in [2.24, 2.45) is 23.2 Å². The minimum Gasteiger partial charge on any atom is -0.393 e. The van der Waals surface area contributed by atoms with Crippen LogP contribution in [0.1, 0.15) is 46.5 Å². The van der Waals surface area contributed by atoms with Crippen LogP contribution in [0.2, 0.25) is 0 Å². The van der Waals surface area contributed by atoms with E-state index in [4.69, 9.17) is 0 Å². The number of fused-ring (bicyclic) bond motifs is 1. The van der Waals surface area contributed by atoms with Crippen LogP contribution in [0.4, 0.5) is 0 Å². The van der Waals surface area contributed by atoms with Crippen LogP contribution in [0.15, 0.2) is 12.2 Å². The zero-order chi connectivity index (χ0) is 12.8. The third-order valence-electron chi connectivity index (χ3n) is 5.30. The SMILES string of the molecule is C=C1CC[C@@H](O)[C@@]2(C)CC[C@H](C(C)C)[C@@H](O)[C@H]12. The van der Waals surface area contributed by atoms with E-state index in [9.17, 15) is 10.2 Å². The van der Waals surface area contributed by atoms with Crippen molar-refractivity contribution in [1.82, 2.24) is 0 Å². The minimum atomic E-state index is -0.323. The molecule has 0 bridgehead atoms. The Balaban J connectivity index is 2.29. The van der Waals surface area contributed by atoms with Crippen LogP contribution in [-0.4, -0.2) is 22.4 Å². The molecule has 2 aliphatic carbocycles. The summed E-state index contributed by atoms with van der Waals surface area (Å²) in [5, 5.41) is 20.9. The second-order valence-corrected chi connectivity index (χ2v) is 6.63. The maximum absolute atomic E-state index is 10.6. The summed E-state index contributed by atoms with van der Waals surface area (Å²) in [6, 6.07) is 0. The second-order valence-electron chi connectivity index (χ2n) is 6.63. The first-order valence-corrected chi connectivity index (χ1v) is 6.91. The van der Waals surface area contributed by atoms with E-state index in [1.165, 1.54) is 0 Å². The molecular formula is C15H26O2. The number of hydrogen-bond donors (Lipinski definition) is 2. The lowest BCUT2D eigenvalue weighted by atomic mass is 9.53. The lowest BCUT2D eigenvalue weighted by Crippen LogP contribution is -2.54. The molecule has 0 spiro atoms. The van der Waals surface area contributed by atoms with Crippen molar-refractivity contribution in [2.45, 2.75) is 58.7 Å². The summed E-state index contributed by atoms with van der Waals surface area (Å²) >= 11 is 0. The molecule has 2 N–H and O–H groups in total. The molecule has 0 aromatic heterocycles. The van der Waals surface area contributed by atoms with Gasteiger partial charge in [0.25, 0.3) is 0 Å². The predicted octanol–water partition coefficient (Wildman–Crippen LogP) is 2.75. The van der Waals surface area contributed by atoms with Crippen LogP contribution in [0, 0.1) is 23.2 Å². The molecule has 0 unspecified atom stereocenters. The molecule has 2 rings (SSSR count). The fourth-order valence-electron chi connectivity index (χ4n) is 4.06. The molecule has 2 fully saturated rings. The van der Waals surface area contributed by atoms with E-state index < -0.39 is 0 Å². The highest BCUT2D eigenvalue weighted by Crippen LogP contribution is 2.54. The maximum Gasteiger partial charge on any atom is 0.0642 e. The van der Waals surface area contributed by atoms with E-state index in [1.54, 1.807) is 0 Å². The van der Waals surface area contributed by atoms with Crippen LogP contribution in [0.3, 0.4) is 0 Å². The second kappa shape index (κ2) is 4.40. The molecule has 0 amide bonds. The van der Waals surface area contributed by atoms with Crippen molar-refractivity contribution in [3.8, 4) is 0 Å². The smallest absolute Gasteiger partial charge is 0.0642 e. The molecule has 5 atom stereocenters. The fourth-order valence-corrected chi connectivity index (χ4v) is 4.06. The van der Waals surface area contributed by atoms with Gasteiger partial charge in [-0.1, -0.05) is 32.9 Å². The Morgan fingerprint density at radius 2 is 1.94 bits per heavy atom. The van der Waals surface area contributed by atoms with E-state index in [0.717, 1.165) is 31.3 Å². The van der Waals surface area contributed by atoms with E-state index >= 15 is 0 Å². The van der Waals surface area contributed by atoms with E-state index in [0.29, 0.717) is 11.8 Å². The van der Waals surface area contributed by atoms with Gasteiger partial charge >= 0.3 is 0 Å². The summed E-state index contributed by atoms with van der Waals surface area (Å²) in [4.78, 5) is 0. The average molecular weight is 238 g/mol. The van der Waals surface area contributed by atoms with Crippen LogP contribution < -0.4 is 0 Å². The summed E-state index contributed by atoms with van der Waals surface area (Å²) < 4.78 is 0. The molecule has 0 aliphatic heterocycles. The van der Waals surface area contributed by atoms with Gasteiger partial charge in [-0.2, -0.15) is 0 Å². The Bertz CT molecular complexity index is 310. The van der Waals surface area contributed by atoms with Crippen molar-refractivity contribution in [3.05, 3.63) is 12.2 Å².